The van der Waals surface area contributed by atoms with Gasteiger partial charge in [0.15, 0.2) is 11.6 Å². The summed E-state index contributed by atoms with van der Waals surface area (Å²) in [7, 11) is 0. The molecule has 1 aromatic rings. The van der Waals surface area contributed by atoms with E-state index in [0.29, 0.717) is 5.56 Å². The zero-order valence-corrected chi connectivity index (χ0v) is 8.92. The maximum Gasteiger partial charge on any atom is 0.304 e. The van der Waals surface area contributed by atoms with Crippen molar-refractivity contribution in [3.8, 4) is 0 Å². The molecule has 1 aromatic carbocycles. The van der Waals surface area contributed by atoms with Crippen LogP contribution in [0, 0.1) is 11.6 Å². The Bertz CT molecular complexity index is 453. The van der Waals surface area contributed by atoms with Crippen LogP contribution < -0.4 is 0 Å². The highest BCUT2D eigenvalue weighted by Crippen LogP contribution is 2.48. The van der Waals surface area contributed by atoms with Gasteiger partial charge in [0.1, 0.15) is 6.17 Å². The molecule has 0 bridgehead atoms. The van der Waals surface area contributed by atoms with Crippen molar-refractivity contribution in [2.24, 2.45) is 0 Å². The molecule has 1 fully saturated rings. The lowest BCUT2D eigenvalue weighted by Crippen LogP contribution is -2.44. The molecule has 0 spiro atoms. The molecule has 0 unspecified atom stereocenters. The quantitative estimate of drug-likeness (QED) is 0.887. The summed E-state index contributed by atoms with van der Waals surface area (Å²) in [6.45, 7) is 0. The normalized spacial score (nSPS) is 27.6. The van der Waals surface area contributed by atoms with E-state index in [1.54, 1.807) is 0 Å². The summed E-state index contributed by atoms with van der Waals surface area (Å²) in [5, 5.41) is 8.80. The summed E-state index contributed by atoms with van der Waals surface area (Å²) in [5.41, 5.74) is -0.535. The molecule has 0 heterocycles. The number of carbonyl (C=O) groups is 1. The number of hydrogen-bond acceptors (Lipinski definition) is 1. The summed E-state index contributed by atoms with van der Waals surface area (Å²) in [6, 6.07) is 3.23. The Labute approximate surface area is 96.1 Å². The molecule has 0 amide bonds. The molecule has 0 aliphatic heterocycles. The topological polar surface area (TPSA) is 37.3 Å². The highest BCUT2D eigenvalue weighted by Gasteiger charge is 2.47. The minimum absolute atomic E-state index is 0.0460. The second kappa shape index (κ2) is 4.05. The fourth-order valence-corrected chi connectivity index (χ4v) is 2.39. The van der Waals surface area contributed by atoms with E-state index in [1.165, 1.54) is 6.07 Å². The van der Waals surface area contributed by atoms with Crippen molar-refractivity contribution in [2.75, 3.05) is 0 Å². The molecule has 1 saturated carbocycles. The largest absolute Gasteiger partial charge is 0.481 e. The van der Waals surface area contributed by atoms with E-state index in [4.69, 9.17) is 5.11 Å². The van der Waals surface area contributed by atoms with Crippen LogP contribution in [-0.2, 0) is 10.2 Å². The lowest BCUT2D eigenvalue weighted by Gasteiger charge is -2.43. The van der Waals surface area contributed by atoms with Crippen molar-refractivity contribution in [2.45, 2.75) is 30.8 Å². The summed E-state index contributed by atoms with van der Waals surface area (Å²) in [4.78, 5) is 10.7. The van der Waals surface area contributed by atoms with Crippen LogP contribution in [0.4, 0.5) is 13.2 Å². The van der Waals surface area contributed by atoms with Crippen molar-refractivity contribution < 1.29 is 23.1 Å². The molecule has 1 N–H and O–H groups in total. The van der Waals surface area contributed by atoms with Crippen LogP contribution in [0.25, 0.3) is 0 Å². The second-order valence-corrected chi connectivity index (χ2v) is 4.49. The van der Waals surface area contributed by atoms with E-state index >= 15 is 0 Å². The predicted octanol–water partition coefficient (Wildman–Crippen LogP) is 2.81. The standard InChI is InChI=1S/C12H11F3O2/c13-8-4-12(5-8,6-11(16)17)7-1-2-9(14)10(15)3-7/h1-3,8H,4-6H2,(H,16,17). The molecule has 1 aliphatic carbocycles. The molecule has 0 atom stereocenters. The first kappa shape index (κ1) is 12.0. The van der Waals surface area contributed by atoms with Gasteiger partial charge in [0.25, 0.3) is 0 Å². The zero-order valence-electron chi connectivity index (χ0n) is 8.92. The fourth-order valence-electron chi connectivity index (χ4n) is 2.39. The predicted molar refractivity (Wildman–Crippen MR) is 54.4 cm³/mol. The SMILES string of the molecule is O=C(O)CC1(c2ccc(F)c(F)c2)CC(F)C1. The Hall–Kier alpha value is -1.52. The highest BCUT2D eigenvalue weighted by molar-refractivity contribution is 5.69. The number of hydrogen-bond donors (Lipinski definition) is 1. The second-order valence-electron chi connectivity index (χ2n) is 4.49. The van der Waals surface area contributed by atoms with Crippen LogP contribution in [0.2, 0.25) is 0 Å². The summed E-state index contributed by atoms with van der Waals surface area (Å²) >= 11 is 0. The smallest absolute Gasteiger partial charge is 0.304 e. The molecule has 1 aliphatic rings. The van der Waals surface area contributed by atoms with Crippen molar-refractivity contribution in [1.82, 2.24) is 0 Å². The monoisotopic (exact) mass is 244 g/mol. The van der Waals surface area contributed by atoms with Crippen LogP contribution >= 0.6 is 0 Å². The molecule has 5 heteroatoms. The zero-order chi connectivity index (χ0) is 12.6. The highest BCUT2D eigenvalue weighted by atomic mass is 19.2. The Kier molecular flexibility index (Phi) is 2.85. The van der Waals surface area contributed by atoms with Gasteiger partial charge in [-0.15, -0.1) is 0 Å². The first-order valence-electron chi connectivity index (χ1n) is 5.24. The molecule has 92 valence electrons. The molecule has 17 heavy (non-hydrogen) atoms. The Balaban J connectivity index is 2.33. The van der Waals surface area contributed by atoms with E-state index in [9.17, 15) is 18.0 Å². The maximum absolute atomic E-state index is 13.1. The molecular formula is C12H11F3O2. The van der Waals surface area contributed by atoms with Crippen LogP contribution in [0.3, 0.4) is 0 Å². The number of halogens is 3. The van der Waals surface area contributed by atoms with Crippen molar-refractivity contribution in [1.29, 1.82) is 0 Å². The molecule has 0 radical (unpaired) electrons. The number of benzene rings is 1. The van der Waals surface area contributed by atoms with Gasteiger partial charge in [-0.05, 0) is 30.5 Å². The molecule has 2 rings (SSSR count). The minimum Gasteiger partial charge on any atom is -0.481 e. The van der Waals surface area contributed by atoms with Gasteiger partial charge in [-0.2, -0.15) is 0 Å². The number of aliphatic carboxylic acids is 1. The molecule has 0 saturated heterocycles. The maximum atomic E-state index is 13.1. The van der Waals surface area contributed by atoms with Crippen molar-refractivity contribution in [3.63, 3.8) is 0 Å². The van der Waals surface area contributed by atoms with E-state index in [0.717, 1.165) is 12.1 Å². The molecule has 2 nitrogen and oxygen atoms in total. The first-order valence-corrected chi connectivity index (χ1v) is 5.24. The summed E-state index contributed by atoms with van der Waals surface area (Å²) < 4.78 is 38.8. The summed E-state index contributed by atoms with van der Waals surface area (Å²) in [5.74, 6) is -3.09. The Morgan fingerprint density at radius 3 is 2.47 bits per heavy atom. The van der Waals surface area contributed by atoms with Gasteiger partial charge >= 0.3 is 5.97 Å². The Morgan fingerprint density at radius 2 is 2.00 bits per heavy atom. The van der Waals surface area contributed by atoms with Crippen molar-refractivity contribution in [3.05, 3.63) is 35.4 Å². The average molecular weight is 244 g/mol. The van der Waals surface area contributed by atoms with E-state index < -0.39 is 29.2 Å². The first-order chi connectivity index (χ1) is 7.93. The van der Waals surface area contributed by atoms with Crippen LogP contribution in [0.5, 0.6) is 0 Å². The third kappa shape index (κ3) is 2.14. The third-order valence-corrected chi connectivity index (χ3v) is 3.25. The number of carboxylic acids is 1. The van der Waals surface area contributed by atoms with Crippen LogP contribution in [0.15, 0.2) is 18.2 Å². The van der Waals surface area contributed by atoms with Crippen LogP contribution in [-0.4, -0.2) is 17.2 Å². The van der Waals surface area contributed by atoms with Gasteiger partial charge in [-0.1, -0.05) is 6.07 Å². The summed E-state index contributed by atoms with van der Waals surface area (Å²) in [6.07, 6.45) is -1.24. The van der Waals surface area contributed by atoms with Crippen LogP contribution in [0.1, 0.15) is 24.8 Å². The fraction of sp³-hybridized carbons (Fsp3) is 0.417. The van der Waals surface area contributed by atoms with E-state index in [2.05, 4.69) is 0 Å². The lowest BCUT2D eigenvalue weighted by molar-refractivity contribution is -0.140. The van der Waals surface area contributed by atoms with E-state index in [-0.39, 0.29) is 19.3 Å². The van der Waals surface area contributed by atoms with Crippen molar-refractivity contribution >= 4 is 5.97 Å². The number of carboxylic acid groups (broad SMARTS) is 1. The number of rotatable bonds is 3. The third-order valence-electron chi connectivity index (χ3n) is 3.25. The average Bonchev–Trinajstić information content (AvgIpc) is 2.18. The van der Waals surface area contributed by atoms with Gasteiger partial charge in [0.05, 0.1) is 6.42 Å². The van der Waals surface area contributed by atoms with Gasteiger partial charge in [0, 0.05) is 5.41 Å². The molecule has 0 aromatic heterocycles. The van der Waals surface area contributed by atoms with E-state index in [1.807, 2.05) is 0 Å². The van der Waals surface area contributed by atoms with Gasteiger partial charge in [-0.25, -0.2) is 13.2 Å². The van der Waals surface area contributed by atoms with Gasteiger partial charge in [0.2, 0.25) is 0 Å². The van der Waals surface area contributed by atoms with Gasteiger partial charge < -0.3 is 5.11 Å². The van der Waals surface area contributed by atoms with Gasteiger partial charge in [-0.3, -0.25) is 4.79 Å². The minimum atomic E-state index is -1.07. The lowest BCUT2D eigenvalue weighted by atomic mass is 9.61. The number of alkyl halides is 1. The Morgan fingerprint density at radius 1 is 1.35 bits per heavy atom. The molecular weight excluding hydrogens is 233 g/mol.